The van der Waals surface area contributed by atoms with Crippen molar-refractivity contribution in [1.29, 1.82) is 0 Å². The zero-order valence-corrected chi connectivity index (χ0v) is 6.81. The number of carbonyl (C=O) groups excluding carboxylic acids is 1. The Labute approximate surface area is 75.3 Å². The molecule has 3 heteroatoms. The first kappa shape index (κ1) is 9.19. The van der Waals surface area contributed by atoms with Gasteiger partial charge in [0.05, 0.1) is 0 Å². The molecule has 0 spiro atoms. The summed E-state index contributed by atoms with van der Waals surface area (Å²) in [5.74, 6) is -1.42. The summed E-state index contributed by atoms with van der Waals surface area (Å²) in [7, 11) is 0. The maximum absolute atomic E-state index is 11.2. The molecule has 0 aliphatic carbocycles. The predicted molar refractivity (Wildman–Crippen MR) is 47.5 cm³/mol. The molecule has 1 N–H and O–H groups in total. The summed E-state index contributed by atoms with van der Waals surface area (Å²) in [6.07, 6.45) is 1.87. The lowest BCUT2D eigenvalue weighted by molar-refractivity contribution is -0.131. The third-order valence-electron chi connectivity index (χ3n) is 1.44. The minimum atomic E-state index is -1.12. The van der Waals surface area contributed by atoms with Crippen molar-refractivity contribution in [1.82, 2.24) is 0 Å². The Morgan fingerprint density at radius 1 is 1.08 bits per heavy atom. The Balaban J connectivity index is 2.76. The first-order valence-corrected chi connectivity index (χ1v) is 3.70. The number of carbonyl (C=O) groups is 2. The summed E-state index contributed by atoms with van der Waals surface area (Å²) in [6, 6.07) is 8.50. The van der Waals surface area contributed by atoms with Crippen LogP contribution < -0.4 is 0 Å². The fraction of sp³-hybridized carbons (Fsp3) is 0. The molecule has 0 fully saturated rings. The summed E-state index contributed by atoms with van der Waals surface area (Å²) >= 11 is 0. The van der Waals surface area contributed by atoms with Crippen LogP contribution in [-0.4, -0.2) is 16.9 Å². The van der Waals surface area contributed by atoms with E-state index in [4.69, 9.17) is 5.11 Å². The van der Waals surface area contributed by atoms with Crippen molar-refractivity contribution in [2.75, 3.05) is 0 Å². The monoisotopic (exact) mass is 176 g/mol. The van der Waals surface area contributed by atoms with Crippen LogP contribution in [0.15, 0.2) is 42.5 Å². The van der Waals surface area contributed by atoms with Gasteiger partial charge in [0.15, 0.2) is 5.78 Å². The molecular formula is C10H8O3. The molecule has 0 bridgehead atoms. The summed E-state index contributed by atoms with van der Waals surface area (Å²) in [4.78, 5) is 21.3. The fourth-order valence-corrected chi connectivity index (χ4v) is 0.846. The number of carboxylic acid groups (broad SMARTS) is 1. The van der Waals surface area contributed by atoms with E-state index in [1.165, 1.54) is 0 Å². The zero-order chi connectivity index (χ0) is 9.68. The van der Waals surface area contributed by atoms with Gasteiger partial charge in [-0.2, -0.15) is 0 Å². The predicted octanol–water partition coefficient (Wildman–Crippen LogP) is 1.51. The highest BCUT2D eigenvalue weighted by molar-refractivity contribution is 6.06. The summed E-state index contributed by atoms with van der Waals surface area (Å²) < 4.78 is 0. The molecule has 0 unspecified atom stereocenters. The lowest BCUT2D eigenvalue weighted by Crippen LogP contribution is -1.95. The van der Waals surface area contributed by atoms with Gasteiger partial charge < -0.3 is 5.11 Å². The average molecular weight is 176 g/mol. The standard InChI is InChI=1S/C10H8O3/c11-9(6-7-10(12)13)8-4-2-1-3-5-8/h1-7H,(H,12,13). The van der Waals surface area contributed by atoms with E-state index < -0.39 is 5.97 Å². The van der Waals surface area contributed by atoms with Crippen LogP contribution in [0.3, 0.4) is 0 Å². The SMILES string of the molecule is O=C(O)C=CC(=O)c1ccccc1. The number of aliphatic carboxylic acids is 1. The van der Waals surface area contributed by atoms with E-state index in [1.54, 1.807) is 30.3 Å². The van der Waals surface area contributed by atoms with Gasteiger partial charge >= 0.3 is 5.97 Å². The molecule has 1 aromatic carbocycles. The average Bonchev–Trinajstić information content (AvgIpc) is 2.15. The fourth-order valence-electron chi connectivity index (χ4n) is 0.846. The van der Waals surface area contributed by atoms with Crippen molar-refractivity contribution in [3.05, 3.63) is 48.0 Å². The molecule has 13 heavy (non-hydrogen) atoms. The van der Waals surface area contributed by atoms with Gasteiger partial charge in [0.1, 0.15) is 0 Å². The van der Waals surface area contributed by atoms with Gasteiger partial charge in [-0.3, -0.25) is 4.79 Å². The molecule has 0 saturated carbocycles. The number of carboxylic acids is 1. The van der Waals surface area contributed by atoms with Crippen LogP contribution in [0.2, 0.25) is 0 Å². The molecule has 0 aromatic heterocycles. The third-order valence-corrected chi connectivity index (χ3v) is 1.44. The summed E-state index contributed by atoms with van der Waals surface area (Å²) in [5, 5.41) is 8.27. The van der Waals surface area contributed by atoms with Crippen molar-refractivity contribution < 1.29 is 14.7 Å². The topological polar surface area (TPSA) is 54.4 Å². The van der Waals surface area contributed by atoms with Crippen molar-refractivity contribution in [3.8, 4) is 0 Å². The summed E-state index contributed by atoms with van der Waals surface area (Å²) in [5.41, 5.74) is 0.486. The van der Waals surface area contributed by atoms with Crippen molar-refractivity contribution >= 4 is 11.8 Å². The van der Waals surface area contributed by atoms with Gasteiger partial charge in [0.25, 0.3) is 0 Å². The van der Waals surface area contributed by atoms with Crippen LogP contribution in [0.1, 0.15) is 10.4 Å². The quantitative estimate of drug-likeness (QED) is 0.561. The van der Waals surface area contributed by atoms with Gasteiger partial charge in [-0.25, -0.2) is 4.79 Å². The lowest BCUT2D eigenvalue weighted by Gasteiger charge is -1.92. The lowest BCUT2D eigenvalue weighted by atomic mass is 10.1. The van der Waals surface area contributed by atoms with Crippen LogP contribution in [0.25, 0.3) is 0 Å². The second-order valence-electron chi connectivity index (χ2n) is 2.40. The van der Waals surface area contributed by atoms with Crippen LogP contribution in [0, 0.1) is 0 Å². The van der Waals surface area contributed by atoms with Crippen LogP contribution in [0.4, 0.5) is 0 Å². The Kier molecular flexibility index (Phi) is 2.97. The third kappa shape index (κ3) is 2.91. The highest BCUT2D eigenvalue weighted by atomic mass is 16.4. The molecule has 0 radical (unpaired) electrons. The highest BCUT2D eigenvalue weighted by Gasteiger charge is 1.99. The number of ketones is 1. The van der Waals surface area contributed by atoms with Crippen molar-refractivity contribution in [2.24, 2.45) is 0 Å². The molecule has 0 heterocycles. The molecule has 1 rings (SSSR count). The summed E-state index contributed by atoms with van der Waals surface area (Å²) in [6.45, 7) is 0. The zero-order valence-electron chi connectivity index (χ0n) is 6.81. The van der Waals surface area contributed by atoms with Crippen LogP contribution in [0.5, 0.6) is 0 Å². The molecule has 3 nitrogen and oxygen atoms in total. The Morgan fingerprint density at radius 3 is 2.23 bits per heavy atom. The first-order chi connectivity index (χ1) is 6.20. The molecule has 0 aliphatic rings. The molecule has 1 aromatic rings. The first-order valence-electron chi connectivity index (χ1n) is 3.70. The molecule has 0 amide bonds. The minimum Gasteiger partial charge on any atom is -0.478 e. The molecular weight excluding hydrogens is 168 g/mol. The van der Waals surface area contributed by atoms with E-state index in [9.17, 15) is 9.59 Å². The van der Waals surface area contributed by atoms with E-state index in [0.717, 1.165) is 12.2 Å². The van der Waals surface area contributed by atoms with Gasteiger partial charge in [-0.1, -0.05) is 30.3 Å². The van der Waals surface area contributed by atoms with E-state index in [1.807, 2.05) is 0 Å². The van der Waals surface area contributed by atoms with Gasteiger partial charge in [-0.15, -0.1) is 0 Å². The molecule has 0 saturated heterocycles. The van der Waals surface area contributed by atoms with Crippen molar-refractivity contribution in [2.45, 2.75) is 0 Å². The molecule has 0 atom stereocenters. The largest absolute Gasteiger partial charge is 0.478 e. The maximum atomic E-state index is 11.2. The second-order valence-corrected chi connectivity index (χ2v) is 2.40. The van der Waals surface area contributed by atoms with E-state index in [-0.39, 0.29) is 5.78 Å². The molecule has 0 aliphatic heterocycles. The number of rotatable bonds is 3. The highest BCUT2D eigenvalue weighted by Crippen LogP contribution is 2.00. The van der Waals surface area contributed by atoms with Crippen LogP contribution in [-0.2, 0) is 4.79 Å². The number of hydrogen-bond acceptors (Lipinski definition) is 2. The maximum Gasteiger partial charge on any atom is 0.328 e. The number of hydrogen-bond donors (Lipinski definition) is 1. The van der Waals surface area contributed by atoms with Gasteiger partial charge in [0.2, 0.25) is 0 Å². The Hall–Kier alpha value is -1.90. The van der Waals surface area contributed by atoms with E-state index in [0.29, 0.717) is 5.56 Å². The van der Waals surface area contributed by atoms with E-state index in [2.05, 4.69) is 0 Å². The van der Waals surface area contributed by atoms with Crippen molar-refractivity contribution in [3.63, 3.8) is 0 Å². The number of benzene rings is 1. The smallest absolute Gasteiger partial charge is 0.328 e. The molecule has 66 valence electrons. The number of allylic oxidation sites excluding steroid dienone is 1. The van der Waals surface area contributed by atoms with E-state index >= 15 is 0 Å². The minimum absolute atomic E-state index is 0.303. The normalized spacial score (nSPS) is 10.2. The van der Waals surface area contributed by atoms with Gasteiger partial charge in [-0.05, 0) is 6.08 Å². The van der Waals surface area contributed by atoms with Crippen LogP contribution >= 0.6 is 0 Å². The van der Waals surface area contributed by atoms with Gasteiger partial charge in [0, 0.05) is 11.6 Å². The second kappa shape index (κ2) is 4.21. The Morgan fingerprint density at radius 2 is 1.69 bits per heavy atom. The Bertz CT molecular complexity index is 338.